The molecule has 0 radical (unpaired) electrons. The van der Waals surface area contributed by atoms with Crippen molar-refractivity contribution >= 4 is 11.6 Å². The minimum absolute atomic E-state index is 0.617. The zero-order chi connectivity index (χ0) is 12.4. The average Bonchev–Trinajstić information content (AvgIpc) is 2.34. The summed E-state index contributed by atoms with van der Waals surface area (Å²) in [6, 6.07) is 0. The Hall–Kier alpha value is -1.32. The van der Waals surface area contributed by atoms with E-state index in [-0.39, 0.29) is 0 Å². The fraction of sp³-hybridized carbons (Fsp3) is 0.692. The molecule has 0 bridgehead atoms. The molecule has 1 aromatic rings. The molecule has 1 saturated heterocycles. The van der Waals surface area contributed by atoms with Crippen LogP contribution in [0.3, 0.4) is 0 Å². The Balaban J connectivity index is 2.27. The Morgan fingerprint density at radius 2 is 2.12 bits per heavy atom. The normalized spacial score (nSPS) is 20.6. The van der Waals surface area contributed by atoms with Crippen LogP contribution in [-0.4, -0.2) is 23.1 Å². The van der Waals surface area contributed by atoms with Gasteiger partial charge in [-0.2, -0.15) is 0 Å². The number of anilines is 2. The molecule has 4 heteroatoms. The third-order valence-electron chi connectivity index (χ3n) is 3.67. The maximum absolute atomic E-state index is 5.92. The molecule has 1 aliphatic heterocycles. The van der Waals surface area contributed by atoms with Crippen LogP contribution in [0.2, 0.25) is 0 Å². The van der Waals surface area contributed by atoms with Crippen LogP contribution < -0.4 is 10.6 Å². The van der Waals surface area contributed by atoms with Crippen molar-refractivity contribution < 1.29 is 0 Å². The first-order valence-electron chi connectivity index (χ1n) is 6.47. The molecule has 4 nitrogen and oxygen atoms in total. The maximum atomic E-state index is 5.92. The van der Waals surface area contributed by atoms with Crippen molar-refractivity contribution in [2.75, 3.05) is 23.7 Å². The van der Waals surface area contributed by atoms with Crippen molar-refractivity contribution in [3.63, 3.8) is 0 Å². The first kappa shape index (κ1) is 12.1. The number of nitrogens with zero attached hydrogens (tertiary/aromatic N) is 3. The van der Waals surface area contributed by atoms with Crippen LogP contribution in [0.4, 0.5) is 11.6 Å². The molecular weight excluding hydrogens is 212 g/mol. The van der Waals surface area contributed by atoms with Crippen LogP contribution in [0, 0.1) is 19.8 Å². The van der Waals surface area contributed by atoms with E-state index >= 15 is 0 Å². The average molecular weight is 234 g/mol. The Morgan fingerprint density at radius 1 is 1.35 bits per heavy atom. The van der Waals surface area contributed by atoms with Gasteiger partial charge in [0.25, 0.3) is 0 Å². The van der Waals surface area contributed by atoms with Gasteiger partial charge in [-0.05, 0) is 32.6 Å². The second-order valence-electron chi connectivity index (χ2n) is 4.97. The molecule has 0 saturated carbocycles. The Labute approximate surface area is 103 Å². The van der Waals surface area contributed by atoms with Crippen LogP contribution >= 0.6 is 0 Å². The van der Waals surface area contributed by atoms with E-state index < -0.39 is 0 Å². The highest BCUT2D eigenvalue weighted by Crippen LogP contribution is 2.27. The van der Waals surface area contributed by atoms with E-state index in [4.69, 9.17) is 5.73 Å². The van der Waals surface area contributed by atoms with Crippen molar-refractivity contribution in [1.29, 1.82) is 0 Å². The second-order valence-corrected chi connectivity index (χ2v) is 4.97. The van der Waals surface area contributed by atoms with E-state index in [1.807, 2.05) is 13.8 Å². The van der Waals surface area contributed by atoms with Gasteiger partial charge in [0.2, 0.25) is 0 Å². The number of aromatic nitrogens is 2. The molecule has 1 fully saturated rings. The monoisotopic (exact) mass is 234 g/mol. The Kier molecular flexibility index (Phi) is 3.50. The van der Waals surface area contributed by atoms with E-state index in [0.29, 0.717) is 5.82 Å². The number of aryl methyl sites for hydroxylation is 1. The summed E-state index contributed by atoms with van der Waals surface area (Å²) in [5, 5.41) is 0. The Morgan fingerprint density at radius 3 is 2.82 bits per heavy atom. The standard InChI is InChI=1S/C13H22N4/c1-4-11-6-5-7-17(8-11)13-9(2)12(14)15-10(3)16-13/h11H,4-8H2,1-3H3,(H2,14,15,16). The van der Waals surface area contributed by atoms with Gasteiger partial charge in [-0.15, -0.1) is 0 Å². The lowest BCUT2D eigenvalue weighted by molar-refractivity contribution is 0.402. The summed E-state index contributed by atoms with van der Waals surface area (Å²) in [7, 11) is 0. The lowest BCUT2D eigenvalue weighted by atomic mass is 9.95. The largest absolute Gasteiger partial charge is 0.383 e. The van der Waals surface area contributed by atoms with Crippen LogP contribution in [0.25, 0.3) is 0 Å². The van der Waals surface area contributed by atoms with Crippen molar-refractivity contribution in [3.05, 3.63) is 11.4 Å². The molecule has 2 heterocycles. The van der Waals surface area contributed by atoms with Crippen molar-refractivity contribution in [1.82, 2.24) is 9.97 Å². The van der Waals surface area contributed by atoms with Crippen LogP contribution in [0.1, 0.15) is 37.6 Å². The summed E-state index contributed by atoms with van der Waals surface area (Å²) in [6.45, 7) is 8.38. The van der Waals surface area contributed by atoms with E-state index in [1.54, 1.807) is 0 Å². The minimum atomic E-state index is 0.617. The number of piperidine rings is 1. The van der Waals surface area contributed by atoms with Crippen LogP contribution in [0.5, 0.6) is 0 Å². The quantitative estimate of drug-likeness (QED) is 0.853. The smallest absolute Gasteiger partial charge is 0.137 e. The van der Waals surface area contributed by atoms with Gasteiger partial charge in [-0.25, -0.2) is 9.97 Å². The van der Waals surface area contributed by atoms with Crippen molar-refractivity contribution in [3.8, 4) is 0 Å². The van der Waals surface area contributed by atoms with E-state index in [1.165, 1.54) is 19.3 Å². The third-order valence-corrected chi connectivity index (χ3v) is 3.67. The zero-order valence-electron chi connectivity index (χ0n) is 11.0. The molecule has 94 valence electrons. The van der Waals surface area contributed by atoms with Gasteiger partial charge < -0.3 is 10.6 Å². The minimum Gasteiger partial charge on any atom is -0.383 e. The molecule has 0 aromatic carbocycles. The highest BCUT2D eigenvalue weighted by molar-refractivity contribution is 5.56. The predicted octanol–water partition coefficient (Wildman–Crippen LogP) is 2.30. The lowest BCUT2D eigenvalue weighted by Crippen LogP contribution is -2.36. The van der Waals surface area contributed by atoms with Gasteiger partial charge in [0.15, 0.2) is 0 Å². The van der Waals surface area contributed by atoms with E-state index in [2.05, 4.69) is 21.8 Å². The molecule has 2 N–H and O–H groups in total. The predicted molar refractivity (Wildman–Crippen MR) is 71.1 cm³/mol. The molecule has 1 atom stereocenters. The molecular formula is C13H22N4. The fourth-order valence-corrected chi connectivity index (χ4v) is 2.53. The number of hydrogen-bond acceptors (Lipinski definition) is 4. The highest BCUT2D eigenvalue weighted by Gasteiger charge is 2.21. The summed E-state index contributed by atoms with van der Waals surface area (Å²) >= 11 is 0. The number of hydrogen-bond donors (Lipinski definition) is 1. The SMILES string of the molecule is CCC1CCCN(c2nc(C)nc(N)c2C)C1. The van der Waals surface area contributed by atoms with Gasteiger partial charge in [0, 0.05) is 18.7 Å². The zero-order valence-corrected chi connectivity index (χ0v) is 11.0. The van der Waals surface area contributed by atoms with Gasteiger partial charge in [0.05, 0.1) is 0 Å². The fourth-order valence-electron chi connectivity index (χ4n) is 2.53. The molecule has 17 heavy (non-hydrogen) atoms. The number of rotatable bonds is 2. The van der Waals surface area contributed by atoms with Crippen LogP contribution in [0.15, 0.2) is 0 Å². The molecule has 1 aromatic heterocycles. The van der Waals surface area contributed by atoms with Crippen molar-refractivity contribution in [2.45, 2.75) is 40.0 Å². The summed E-state index contributed by atoms with van der Waals surface area (Å²) in [4.78, 5) is 11.1. The Bertz CT molecular complexity index is 403. The molecule has 1 aliphatic rings. The van der Waals surface area contributed by atoms with Gasteiger partial charge >= 0.3 is 0 Å². The first-order chi connectivity index (χ1) is 8.11. The molecule has 1 unspecified atom stereocenters. The lowest BCUT2D eigenvalue weighted by Gasteiger charge is -2.34. The summed E-state index contributed by atoms with van der Waals surface area (Å²) in [6.07, 6.45) is 3.83. The topological polar surface area (TPSA) is 55.0 Å². The number of nitrogen functional groups attached to an aromatic ring is 1. The van der Waals surface area contributed by atoms with E-state index in [0.717, 1.165) is 36.2 Å². The third kappa shape index (κ3) is 2.51. The highest BCUT2D eigenvalue weighted by atomic mass is 15.2. The maximum Gasteiger partial charge on any atom is 0.137 e. The molecule has 0 amide bonds. The summed E-state index contributed by atoms with van der Waals surface area (Å²) in [5.74, 6) is 3.21. The molecule has 2 rings (SSSR count). The number of nitrogens with two attached hydrogens (primary N) is 1. The van der Waals surface area contributed by atoms with Gasteiger partial charge in [-0.3, -0.25) is 0 Å². The van der Waals surface area contributed by atoms with Crippen LogP contribution in [-0.2, 0) is 0 Å². The first-order valence-corrected chi connectivity index (χ1v) is 6.47. The van der Waals surface area contributed by atoms with E-state index in [9.17, 15) is 0 Å². The van der Waals surface area contributed by atoms with Gasteiger partial charge in [0.1, 0.15) is 17.5 Å². The van der Waals surface area contributed by atoms with Crippen molar-refractivity contribution in [2.24, 2.45) is 5.92 Å². The molecule has 0 aliphatic carbocycles. The van der Waals surface area contributed by atoms with Gasteiger partial charge in [-0.1, -0.05) is 13.3 Å². The molecule has 0 spiro atoms. The summed E-state index contributed by atoms with van der Waals surface area (Å²) < 4.78 is 0. The second kappa shape index (κ2) is 4.90. The summed E-state index contributed by atoms with van der Waals surface area (Å²) in [5.41, 5.74) is 6.94.